The first kappa shape index (κ1) is 13.1. The van der Waals surface area contributed by atoms with Gasteiger partial charge in [-0.2, -0.15) is 0 Å². The van der Waals surface area contributed by atoms with Crippen molar-refractivity contribution < 1.29 is 4.79 Å². The molecule has 2 aromatic heterocycles. The molecule has 20 heavy (non-hydrogen) atoms. The van der Waals surface area contributed by atoms with E-state index in [1.54, 1.807) is 29.9 Å². The standard InChI is InChI=1S/C14H16N4OS/c1-10-3-4-12(20-10)14(19)17(2)11-8-18(9-11)13-7-15-5-6-16-13/h3-7,11H,8-9H2,1-2H3. The highest BCUT2D eigenvalue weighted by Crippen LogP contribution is 2.23. The Bertz CT molecular complexity index is 607. The molecule has 1 aliphatic heterocycles. The molecule has 0 aliphatic carbocycles. The third-order valence-corrected chi connectivity index (χ3v) is 4.54. The zero-order chi connectivity index (χ0) is 14.1. The van der Waals surface area contributed by atoms with Crippen LogP contribution in [0.2, 0.25) is 0 Å². The number of aromatic nitrogens is 2. The molecule has 0 N–H and O–H groups in total. The normalized spacial score (nSPS) is 15.0. The summed E-state index contributed by atoms with van der Waals surface area (Å²) >= 11 is 1.55. The Morgan fingerprint density at radius 1 is 1.40 bits per heavy atom. The van der Waals surface area contributed by atoms with Crippen molar-refractivity contribution in [2.75, 3.05) is 25.0 Å². The maximum atomic E-state index is 12.3. The number of amides is 1. The zero-order valence-electron chi connectivity index (χ0n) is 11.5. The van der Waals surface area contributed by atoms with Crippen LogP contribution in [0.25, 0.3) is 0 Å². The van der Waals surface area contributed by atoms with E-state index in [1.807, 2.05) is 31.0 Å². The second-order valence-corrected chi connectivity index (χ2v) is 6.24. The lowest BCUT2D eigenvalue weighted by atomic mass is 10.1. The Morgan fingerprint density at radius 2 is 2.20 bits per heavy atom. The molecule has 1 saturated heterocycles. The minimum Gasteiger partial charge on any atom is -0.351 e. The molecule has 0 unspecified atom stereocenters. The van der Waals surface area contributed by atoms with Gasteiger partial charge in [0.25, 0.3) is 5.91 Å². The van der Waals surface area contributed by atoms with Gasteiger partial charge in [0, 0.05) is 37.4 Å². The molecule has 6 heteroatoms. The fourth-order valence-electron chi connectivity index (χ4n) is 2.23. The largest absolute Gasteiger partial charge is 0.351 e. The molecule has 2 aromatic rings. The molecule has 3 rings (SSSR count). The maximum absolute atomic E-state index is 12.3. The smallest absolute Gasteiger partial charge is 0.264 e. The number of thiophene rings is 1. The third-order valence-electron chi connectivity index (χ3n) is 3.56. The van der Waals surface area contributed by atoms with Gasteiger partial charge in [0.15, 0.2) is 0 Å². The Hall–Kier alpha value is -1.95. The Labute approximate surface area is 121 Å². The van der Waals surface area contributed by atoms with Gasteiger partial charge in [-0.25, -0.2) is 4.98 Å². The molecule has 0 bridgehead atoms. The lowest BCUT2D eigenvalue weighted by Crippen LogP contribution is -2.60. The van der Waals surface area contributed by atoms with Gasteiger partial charge >= 0.3 is 0 Å². The van der Waals surface area contributed by atoms with Crippen LogP contribution >= 0.6 is 11.3 Å². The van der Waals surface area contributed by atoms with Crippen LogP contribution in [0, 0.1) is 6.92 Å². The van der Waals surface area contributed by atoms with Crippen molar-refractivity contribution in [1.82, 2.24) is 14.9 Å². The summed E-state index contributed by atoms with van der Waals surface area (Å²) in [6, 6.07) is 4.13. The van der Waals surface area contributed by atoms with Gasteiger partial charge in [-0.1, -0.05) is 0 Å². The monoisotopic (exact) mass is 288 g/mol. The summed E-state index contributed by atoms with van der Waals surface area (Å²) in [6.45, 7) is 3.64. The average molecular weight is 288 g/mol. The van der Waals surface area contributed by atoms with Crippen molar-refractivity contribution in [1.29, 1.82) is 0 Å². The fourth-order valence-corrected chi connectivity index (χ4v) is 3.08. The third kappa shape index (κ3) is 2.38. The highest BCUT2D eigenvalue weighted by Gasteiger charge is 2.33. The summed E-state index contributed by atoms with van der Waals surface area (Å²) in [6.07, 6.45) is 5.10. The molecule has 0 radical (unpaired) electrons. The van der Waals surface area contributed by atoms with Gasteiger partial charge < -0.3 is 9.80 Å². The van der Waals surface area contributed by atoms with Crippen LogP contribution in [0.3, 0.4) is 0 Å². The zero-order valence-corrected chi connectivity index (χ0v) is 12.3. The summed E-state index contributed by atoms with van der Waals surface area (Å²) in [7, 11) is 1.87. The maximum Gasteiger partial charge on any atom is 0.264 e. The molecule has 0 spiro atoms. The number of hydrogen-bond acceptors (Lipinski definition) is 5. The highest BCUT2D eigenvalue weighted by molar-refractivity contribution is 7.13. The fraction of sp³-hybridized carbons (Fsp3) is 0.357. The van der Waals surface area contributed by atoms with Crippen LogP contribution in [0.15, 0.2) is 30.7 Å². The van der Waals surface area contributed by atoms with Crippen molar-refractivity contribution in [2.24, 2.45) is 0 Å². The lowest BCUT2D eigenvalue weighted by molar-refractivity contribution is 0.0710. The van der Waals surface area contributed by atoms with E-state index in [-0.39, 0.29) is 11.9 Å². The van der Waals surface area contributed by atoms with E-state index in [4.69, 9.17) is 0 Å². The van der Waals surface area contributed by atoms with E-state index in [0.717, 1.165) is 28.7 Å². The van der Waals surface area contributed by atoms with Crippen molar-refractivity contribution in [3.8, 4) is 0 Å². The van der Waals surface area contributed by atoms with E-state index in [9.17, 15) is 4.79 Å². The van der Waals surface area contributed by atoms with Crippen molar-refractivity contribution >= 4 is 23.1 Å². The Kier molecular flexibility index (Phi) is 3.40. The molecule has 1 fully saturated rings. The van der Waals surface area contributed by atoms with Crippen LogP contribution in [-0.4, -0.2) is 47.0 Å². The summed E-state index contributed by atoms with van der Waals surface area (Å²) in [5.74, 6) is 0.975. The average Bonchev–Trinajstić information content (AvgIpc) is 2.84. The molecule has 0 saturated carbocycles. The van der Waals surface area contributed by atoms with Crippen LogP contribution in [0.4, 0.5) is 5.82 Å². The lowest BCUT2D eigenvalue weighted by Gasteiger charge is -2.44. The molecule has 104 valence electrons. The van der Waals surface area contributed by atoms with E-state index >= 15 is 0 Å². The minimum absolute atomic E-state index is 0.104. The number of hydrogen-bond donors (Lipinski definition) is 0. The minimum atomic E-state index is 0.104. The number of nitrogens with zero attached hydrogens (tertiary/aromatic N) is 4. The topological polar surface area (TPSA) is 49.3 Å². The number of carbonyl (C=O) groups excluding carboxylic acids is 1. The molecule has 5 nitrogen and oxygen atoms in total. The van der Waals surface area contributed by atoms with E-state index < -0.39 is 0 Å². The Morgan fingerprint density at radius 3 is 2.80 bits per heavy atom. The summed E-state index contributed by atoms with van der Waals surface area (Å²) in [5, 5.41) is 0. The number of likely N-dealkylation sites (N-methyl/N-ethyl adjacent to an activating group) is 1. The number of anilines is 1. The summed E-state index contributed by atoms with van der Waals surface area (Å²) in [5.41, 5.74) is 0. The van der Waals surface area contributed by atoms with E-state index in [0.29, 0.717) is 0 Å². The van der Waals surface area contributed by atoms with E-state index in [1.165, 1.54) is 0 Å². The van der Waals surface area contributed by atoms with Crippen molar-refractivity contribution in [3.63, 3.8) is 0 Å². The van der Waals surface area contributed by atoms with Gasteiger partial charge in [-0.15, -0.1) is 11.3 Å². The van der Waals surface area contributed by atoms with Crippen LogP contribution < -0.4 is 4.90 Å². The number of aryl methyl sites for hydroxylation is 1. The summed E-state index contributed by atoms with van der Waals surface area (Å²) < 4.78 is 0. The molecule has 0 atom stereocenters. The van der Waals surface area contributed by atoms with E-state index in [2.05, 4.69) is 14.9 Å². The highest BCUT2D eigenvalue weighted by atomic mass is 32.1. The van der Waals surface area contributed by atoms with Gasteiger partial charge in [0.2, 0.25) is 0 Å². The molecule has 0 aromatic carbocycles. The molecule has 1 amide bonds. The van der Waals surface area contributed by atoms with Crippen LogP contribution in [-0.2, 0) is 0 Å². The predicted molar refractivity (Wildman–Crippen MR) is 79.2 cm³/mol. The predicted octanol–water partition coefficient (Wildman–Crippen LogP) is 1.81. The first-order valence-electron chi connectivity index (χ1n) is 6.49. The quantitative estimate of drug-likeness (QED) is 0.864. The second-order valence-electron chi connectivity index (χ2n) is 4.95. The Balaban J connectivity index is 1.61. The first-order chi connectivity index (χ1) is 9.65. The second kappa shape index (κ2) is 5.20. The molecular formula is C14H16N4OS. The first-order valence-corrected chi connectivity index (χ1v) is 7.31. The van der Waals surface area contributed by atoms with Crippen molar-refractivity contribution in [3.05, 3.63) is 40.5 Å². The van der Waals surface area contributed by atoms with Crippen LogP contribution in [0.1, 0.15) is 14.5 Å². The van der Waals surface area contributed by atoms with Crippen LogP contribution in [0.5, 0.6) is 0 Å². The van der Waals surface area contributed by atoms with Gasteiger partial charge in [-0.3, -0.25) is 9.78 Å². The number of carbonyl (C=O) groups is 1. The summed E-state index contributed by atoms with van der Waals surface area (Å²) in [4.78, 5) is 26.6. The molecule has 3 heterocycles. The van der Waals surface area contributed by atoms with Crippen molar-refractivity contribution in [2.45, 2.75) is 13.0 Å². The number of rotatable bonds is 3. The molecule has 1 aliphatic rings. The SMILES string of the molecule is Cc1ccc(C(=O)N(C)C2CN(c3cnccn3)C2)s1. The van der Waals surface area contributed by atoms with Gasteiger partial charge in [0.05, 0.1) is 17.1 Å². The van der Waals surface area contributed by atoms with Gasteiger partial charge in [-0.05, 0) is 19.1 Å². The van der Waals surface area contributed by atoms with Gasteiger partial charge in [0.1, 0.15) is 5.82 Å². The molecular weight excluding hydrogens is 272 g/mol.